The van der Waals surface area contributed by atoms with Crippen LogP contribution in [0.15, 0.2) is 18.2 Å². The Labute approximate surface area is 128 Å². The second kappa shape index (κ2) is 5.45. The van der Waals surface area contributed by atoms with Crippen LogP contribution < -0.4 is 4.74 Å². The van der Waals surface area contributed by atoms with E-state index in [1.165, 1.54) is 0 Å². The highest BCUT2D eigenvalue weighted by molar-refractivity contribution is 6.31. The molecule has 2 aliphatic rings. The van der Waals surface area contributed by atoms with Gasteiger partial charge in [0.1, 0.15) is 5.75 Å². The summed E-state index contributed by atoms with van der Waals surface area (Å²) >= 11 is 12.3. The molecule has 2 bridgehead atoms. The van der Waals surface area contributed by atoms with Crippen molar-refractivity contribution in [2.24, 2.45) is 0 Å². The van der Waals surface area contributed by atoms with Crippen LogP contribution in [0.2, 0.25) is 5.02 Å². The molecule has 3 nitrogen and oxygen atoms in total. The molecule has 3 rings (SSSR count). The van der Waals surface area contributed by atoms with Crippen LogP contribution in [-0.4, -0.2) is 35.4 Å². The molecule has 2 unspecified atom stereocenters. The molecule has 2 fully saturated rings. The molecule has 2 heterocycles. The zero-order valence-electron chi connectivity index (χ0n) is 11.3. The molecule has 2 atom stereocenters. The highest BCUT2D eigenvalue weighted by Gasteiger charge is 2.43. The molecule has 0 radical (unpaired) electrons. The van der Waals surface area contributed by atoms with Crippen molar-refractivity contribution in [3.63, 3.8) is 0 Å². The summed E-state index contributed by atoms with van der Waals surface area (Å²) in [5.41, 5.74) is 0.546. The molecule has 0 N–H and O–H groups in total. The minimum atomic E-state index is 0.0143. The monoisotopic (exact) mass is 313 g/mol. The van der Waals surface area contributed by atoms with Gasteiger partial charge < -0.3 is 9.64 Å². The predicted molar refractivity (Wildman–Crippen MR) is 79.9 cm³/mol. The summed E-state index contributed by atoms with van der Waals surface area (Å²) in [4.78, 5) is 14.8. The molecular weight excluding hydrogens is 297 g/mol. The third-order valence-electron chi connectivity index (χ3n) is 4.30. The molecule has 0 aliphatic carbocycles. The fraction of sp³-hybridized carbons (Fsp3) is 0.533. The normalized spacial score (nSPS) is 28.6. The zero-order valence-corrected chi connectivity index (χ0v) is 12.8. The van der Waals surface area contributed by atoms with E-state index in [4.69, 9.17) is 27.9 Å². The minimum absolute atomic E-state index is 0.0143. The summed E-state index contributed by atoms with van der Waals surface area (Å²) in [6.07, 6.45) is 3.85. The summed E-state index contributed by atoms with van der Waals surface area (Å²) in [7, 11) is 1.57. The van der Waals surface area contributed by atoms with Crippen molar-refractivity contribution in [1.29, 1.82) is 0 Å². The molecular formula is C15H17Cl2NO2. The number of hydrogen-bond acceptors (Lipinski definition) is 2. The average Bonchev–Trinajstić information content (AvgIpc) is 2.70. The molecule has 2 saturated heterocycles. The van der Waals surface area contributed by atoms with Gasteiger partial charge in [-0.25, -0.2) is 0 Å². The van der Waals surface area contributed by atoms with Crippen molar-refractivity contribution in [3.05, 3.63) is 28.8 Å². The molecule has 0 spiro atoms. The number of piperidine rings is 1. The Hall–Kier alpha value is -0.930. The maximum atomic E-state index is 12.8. The molecule has 0 saturated carbocycles. The van der Waals surface area contributed by atoms with Gasteiger partial charge in [-0.1, -0.05) is 11.6 Å². The Morgan fingerprint density at radius 1 is 1.30 bits per heavy atom. The number of amides is 1. The number of alkyl halides is 1. The molecule has 1 aromatic rings. The number of ether oxygens (including phenoxy) is 1. The van der Waals surface area contributed by atoms with Crippen molar-refractivity contribution in [1.82, 2.24) is 4.90 Å². The van der Waals surface area contributed by atoms with E-state index in [1.807, 2.05) is 4.90 Å². The van der Waals surface area contributed by atoms with E-state index in [-0.39, 0.29) is 23.4 Å². The Morgan fingerprint density at radius 3 is 2.55 bits per heavy atom. The van der Waals surface area contributed by atoms with Crippen LogP contribution in [0.4, 0.5) is 0 Å². The van der Waals surface area contributed by atoms with Gasteiger partial charge in [0.15, 0.2) is 0 Å². The third-order valence-corrected chi connectivity index (χ3v) is 4.89. The topological polar surface area (TPSA) is 29.5 Å². The van der Waals surface area contributed by atoms with Crippen LogP contribution in [0.1, 0.15) is 36.0 Å². The van der Waals surface area contributed by atoms with Crippen molar-refractivity contribution in [2.45, 2.75) is 43.1 Å². The van der Waals surface area contributed by atoms with Crippen LogP contribution in [0.3, 0.4) is 0 Å². The van der Waals surface area contributed by atoms with E-state index in [0.29, 0.717) is 16.3 Å². The molecule has 1 aromatic carbocycles. The van der Waals surface area contributed by atoms with Gasteiger partial charge in [-0.2, -0.15) is 0 Å². The van der Waals surface area contributed by atoms with Crippen LogP contribution in [0.25, 0.3) is 0 Å². The van der Waals surface area contributed by atoms with Gasteiger partial charge in [0.25, 0.3) is 5.91 Å². The van der Waals surface area contributed by atoms with Crippen LogP contribution >= 0.6 is 23.2 Å². The molecule has 1 amide bonds. The van der Waals surface area contributed by atoms with Gasteiger partial charge in [0, 0.05) is 22.5 Å². The van der Waals surface area contributed by atoms with Gasteiger partial charge in [0.05, 0.1) is 12.7 Å². The molecule has 108 valence electrons. The van der Waals surface area contributed by atoms with Gasteiger partial charge >= 0.3 is 0 Å². The van der Waals surface area contributed by atoms with E-state index in [0.717, 1.165) is 25.7 Å². The number of halogens is 2. The SMILES string of the molecule is COc1ccc(Cl)cc1C(=O)N1C2CCC1CC(Cl)C2. The Balaban J connectivity index is 1.92. The van der Waals surface area contributed by atoms with Gasteiger partial charge in [-0.15, -0.1) is 11.6 Å². The first-order chi connectivity index (χ1) is 9.60. The summed E-state index contributed by atoms with van der Waals surface area (Å²) in [6.45, 7) is 0. The van der Waals surface area contributed by atoms with E-state index < -0.39 is 0 Å². The summed E-state index contributed by atoms with van der Waals surface area (Å²) in [5, 5.41) is 0.742. The summed E-state index contributed by atoms with van der Waals surface area (Å²) in [5.74, 6) is 0.590. The lowest BCUT2D eigenvalue weighted by Crippen LogP contribution is -2.47. The molecule has 5 heteroatoms. The van der Waals surface area contributed by atoms with Crippen molar-refractivity contribution in [2.75, 3.05) is 7.11 Å². The van der Waals surface area contributed by atoms with Crippen molar-refractivity contribution >= 4 is 29.1 Å². The largest absolute Gasteiger partial charge is 0.496 e. The highest BCUT2D eigenvalue weighted by atomic mass is 35.5. The fourth-order valence-corrected chi connectivity index (χ4v) is 4.01. The fourth-order valence-electron chi connectivity index (χ4n) is 3.43. The summed E-state index contributed by atoms with van der Waals surface area (Å²) < 4.78 is 5.29. The quantitative estimate of drug-likeness (QED) is 0.779. The number of carbonyl (C=O) groups excluding carboxylic acids is 1. The van der Waals surface area contributed by atoms with Crippen LogP contribution in [0.5, 0.6) is 5.75 Å². The molecule has 20 heavy (non-hydrogen) atoms. The Morgan fingerprint density at radius 2 is 1.95 bits per heavy atom. The minimum Gasteiger partial charge on any atom is -0.496 e. The number of carbonyl (C=O) groups is 1. The lowest BCUT2D eigenvalue weighted by Gasteiger charge is -2.37. The first kappa shape index (κ1) is 14.0. The van der Waals surface area contributed by atoms with E-state index in [2.05, 4.69) is 0 Å². The maximum Gasteiger partial charge on any atom is 0.258 e. The predicted octanol–water partition coefficient (Wildman–Crippen LogP) is 3.72. The number of rotatable bonds is 2. The Kier molecular flexibility index (Phi) is 3.83. The summed E-state index contributed by atoms with van der Waals surface area (Å²) in [6, 6.07) is 5.68. The van der Waals surface area contributed by atoms with Crippen molar-refractivity contribution in [3.8, 4) is 5.75 Å². The average molecular weight is 314 g/mol. The second-order valence-electron chi connectivity index (χ2n) is 5.51. The number of methoxy groups -OCH3 is 1. The number of nitrogens with zero attached hydrogens (tertiary/aromatic N) is 1. The number of hydrogen-bond donors (Lipinski definition) is 0. The van der Waals surface area contributed by atoms with Crippen LogP contribution in [0, 0.1) is 0 Å². The molecule has 2 aliphatic heterocycles. The lowest BCUT2D eigenvalue weighted by atomic mass is 10.0. The third kappa shape index (κ3) is 2.38. The van der Waals surface area contributed by atoms with Gasteiger partial charge in [-0.3, -0.25) is 4.79 Å². The van der Waals surface area contributed by atoms with Gasteiger partial charge in [0.2, 0.25) is 0 Å². The number of benzene rings is 1. The van der Waals surface area contributed by atoms with Crippen LogP contribution in [-0.2, 0) is 0 Å². The first-order valence-electron chi connectivity index (χ1n) is 6.90. The first-order valence-corrected chi connectivity index (χ1v) is 7.72. The van der Waals surface area contributed by atoms with E-state index >= 15 is 0 Å². The zero-order chi connectivity index (χ0) is 14.3. The van der Waals surface area contributed by atoms with Crippen molar-refractivity contribution < 1.29 is 9.53 Å². The smallest absolute Gasteiger partial charge is 0.258 e. The number of fused-ring (bicyclic) bond motifs is 2. The van der Waals surface area contributed by atoms with Gasteiger partial charge in [-0.05, 0) is 43.9 Å². The maximum absolute atomic E-state index is 12.8. The second-order valence-corrected chi connectivity index (χ2v) is 6.56. The highest BCUT2D eigenvalue weighted by Crippen LogP contribution is 2.39. The molecule has 0 aromatic heterocycles. The van der Waals surface area contributed by atoms with E-state index in [9.17, 15) is 4.79 Å². The van der Waals surface area contributed by atoms with E-state index in [1.54, 1.807) is 25.3 Å². The Bertz CT molecular complexity index is 521. The lowest BCUT2D eigenvalue weighted by molar-refractivity contribution is 0.0596. The standard InChI is InChI=1S/C15H17Cl2NO2/c1-20-14-5-2-9(16)8-13(14)15(19)18-11-3-4-12(18)7-10(17)6-11/h2,5,8,10-12H,3-4,6-7H2,1H3.